The van der Waals surface area contributed by atoms with Crippen LogP contribution in [0.5, 0.6) is 0 Å². The molecule has 0 spiro atoms. The molecule has 104 valence electrons. The van der Waals surface area contributed by atoms with Crippen LogP contribution in [0.3, 0.4) is 0 Å². The van der Waals surface area contributed by atoms with E-state index in [1.165, 1.54) is 18.9 Å². The minimum absolute atomic E-state index is 0.0219. The summed E-state index contributed by atoms with van der Waals surface area (Å²) in [6.07, 6.45) is 4.21. The summed E-state index contributed by atoms with van der Waals surface area (Å²) in [4.78, 5) is 0. The lowest BCUT2D eigenvalue weighted by Gasteiger charge is -2.28. The largest absolute Gasteiger partial charge is 0.381 e. The van der Waals surface area contributed by atoms with Crippen LogP contribution >= 0.6 is 11.6 Å². The first-order chi connectivity index (χ1) is 9.17. The third-order valence-corrected chi connectivity index (χ3v) is 4.34. The van der Waals surface area contributed by atoms with E-state index in [0.29, 0.717) is 29.7 Å². The van der Waals surface area contributed by atoms with Gasteiger partial charge in [0.2, 0.25) is 0 Å². The van der Waals surface area contributed by atoms with Crippen LogP contribution in [0.4, 0.5) is 4.39 Å². The van der Waals surface area contributed by atoms with Crippen LogP contribution in [0.25, 0.3) is 0 Å². The maximum atomic E-state index is 13.9. The molecule has 1 aromatic carbocycles. The van der Waals surface area contributed by atoms with Crippen molar-refractivity contribution in [2.75, 3.05) is 19.8 Å². The molecule has 4 heteroatoms. The Kier molecular flexibility index (Phi) is 3.79. The van der Waals surface area contributed by atoms with Crippen LogP contribution in [-0.2, 0) is 11.2 Å². The van der Waals surface area contributed by atoms with Crippen molar-refractivity contribution in [3.63, 3.8) is 0 Å². The summed E-state index contributed by atoms with van der Waals surface area (Å²) in [5, 5.41) is 4.16. The van der Waals surface area contributed by atoms with Crippen molar-refractivity contribution < 1.29 is 9.13 Å². The fraction of sp³-hybridized carbons (Fsp3) is 0.600. The number of ether oxygens (including phenoxy) is 1. The van der Waals surface area contributed by atoms with E-state index in [-0.39, 0.29) is 11.2 Å². The number of benzene rings is 1. The van der Waals surface area contributed by atoms with Crippen molar-refractivity contribution >= 4 is 11.6 Å². The molecule has 2 fully saturated rings. The molecule has 1 unspecified atom stereocenters. The number of hydrogen-bond acceptors (Lipinski definition) is 2. The molecule has 0 aromatic heterocycles. The third-order valence-electron chi connectivity index (χ3n) is 4.10. The molecule has 0 radical (unpaired) electrons. The van der Waals surface area contributed by atoms with Crippen LogP contribution in [0.15, 0.2) is 18.2 Å². The lowest BCUT2D eigenvalue weighted by molar-refractivity contribution is 0.148. The highest BCUT2D eigenvalue weighted by Gasteiger charge is 2.37. The maximum absolute atomic E-state index is 13.9. The summed E-state index contributed by atoms with van der Waals surface area (Å²) in [5.41, 5.74) is 0.726. The molecular weight excluding hydrogens is 265 g/mol. The third kappa shape index (κ3) is 3.28. The van der Waals surface area contributed by atoms with E-state index in [2.05, 4.69) is 5.32 Å². The van der Waals surface area contributed by atoms with Crippen molar-refractivity contribution in [3.05, 3.63) is 34.6 Å². The predicted octanol–water partition coefficient (Wildman–Crippen LogP) is 3.18. The Morgan fingerprint density at radius 2 is 2.26 bits per heavy atom. The van der Waals surface area contributed by atoms with Gasteiger partial charge in [0.25, 0.3) is 0 Å². The summed E-state index contributed by atoms with van der Waals surface area (Å²) in [5.74, 6) is -0.165. The molecule has 1 aromatic rings. The minimum atomic E-state index is -0.165. The van der Waals surface area contributed by atoms with Gasteiger partial charge in [-0.05, 0) is 49.4 Å². The zero-order valence-corrected chi connectivity index (χ0v) is 11.7. The molecule has 1 saturated carbocycles. The van der Waals surface area contributed by atoms with Gasteiger partial charge in [0.1, 0.15) is 5.82 Å². The van der Waals surface area contributed by atoms with E-state index >= 15 is 0 Å². The Labute approximate surface area is 118 Å². The quantitative estimate of drug-likeness (QED) is 0.896. The molecule has 1 aliphatic heterocycles. The Bertz CT molecular complexity index is 455. The average Bonchev–Trinajstić information content (AvgIpc) is 3.12. The van der Waals surface area contributed by atoms with Crippen LogP contribution in [0.2, 0.25) is 5.02 Å². The first kappa shape index (κ1) is 13.3. The molecular formula is C15H19ClFNO. The summed E-state index contributed by atoms with van der Waals surface area (Å²) < 4.78 is 19.4. The lowest BCUT2D eigenvalue weighted by atomic mass is 9.80. The van der Waals surface area contributed by atoms with Gasteiger partial charge >= 0.3 is 0 Å². The second-order valence-corrected chi connectivity index (χ2v) is 6.31. The van der Waals surface area contributed by atoms with Gasteiger partial charge in [-0.15, -0.1) is 0 Å². The fourth-order valence-electron chi connectivity index (χ4n) is 2.72. The maximum Gasteiger partial charge on any atom is 0.126 e. The van der Waals surface area contributed by atoms with Gasteiger partial charge in [-0.2, -0.15) is 0 Å². The molecule has 2 nitrogen and oxygen atoms in total. The number of hydrogen-bond donors (Lipinski definition) is 1. The zero-order valence-electron chi connectivity index (χ0n) is 10.9. The van der Waals surface area contributed by atoms with Crippen molar-refractivity contribution in [1.29, 1.82) is 0 Å². The monoisotopic (exact) mass is 283 g/mol. The minimum Gasteiger partial charge on any atom is -0.381 e. The van der Waals surface area contributed by atoms with Crippen molar-refractivity contribution in [2.24, 2.45) is 5.41 Å². The second-order valence-electron chi connectivity index (χ2n) is 5.87. The first-order valence-electron chi connectivity index (χ1n) is 6.92. The van der Waals surface area contributed by atoms with Crippen LogP contribution < -0.4 is 5.32 Å². The van der Waals surface area contributed by atoms with Gasteiger partial charge in [-0.3, -0.25) is 0 Å². The Morgan fingerprint density at radius 1 is 1.42 bits per heavy atom. The Balaban J connectivity index is 1.74. The number of halogens is 2. The number of rotatable bonds is 5. The molecule has 19 heavy (non-hydrogen) atoms. The summed E-state index contributed by atoms with van der Waals surface area (Å²) in [6.45, 7) is 2.39. The molecule has 3 rings (SSSR count). The average molecular weight is 284 g/mol. The van der Waals surface area contributed by atoms with Gasteiger partial charge in [-0.1, -0.05) is 11.6 Å². The second kappa shape index (κ2) is 5.39. The molecule has 1 heterocycles. The summed E-state index contributed by atoms with van der Waals surface area (Å²) >= 11 is 5.97. The SMILES string of the molecule is Fc1ccc(Cl)cc1CC1(CNC2CC2)CCOC1. The van der Waals surface area contributed by atoms with E-state index < -0.39 is 0 Å². The van der Waals surface area contributed by atoms with Crippen molar-refractivity contribution in [3.8, 4) is 0 Å². The van der Waals surface area contributed by atoms with Crippen LogP contribution in [-0.4, -0.2) is 25.8 Å². The molecule has 1 atom stereocenters. The number of nitrogens with one attached hydrogen (secondary N) is 1. The van der Waals surface area contributed by atoms with Gasteiger partial charge in [-0.25, -0.2) is 4.39 Å². The van der Waals surface area contributed by atoms with Gasteiger partial charge in [0.15, 0.2) is 0 Å². The topological polar surface area (TPSA) is 21.3 Å². The fourth-order valence-corrected chi connectivity index (χ4v) is 2.92. The normalized spacial score (nSPS) is 26.8. The van der Waals surface area contributed by atoms with Crippen LogP contribution in [0, 0.1) is 11.2 Å². The van der Waals surface area contributed by atoms with Crippen LogP contribution in [0.1, 0.15) is 24.8 Å². The molecule has 1 saturated heterocycles. The van der Waals surface area contributed by atoms with E-state index in [1.54, 1.807) is 12.1 Å². The Hall–Kier alpha value is -0.640. The molecule has 2 aliphatic rings. The highest BCUT2D eigenvalue weighted by Crippen LogP contribution is 2.34. The standard InChI is InChI=1S/C15H19ClFNO/c16-12-1-4-14(17)11(7-12)8-15(5-6-19-10-15)9-18-13-2-3-13/h1,4,7,13,18H,2-3,5-6,8-10H2. The van der Waals surface area contributed by atoms with E-state index in [9.17, 15) is 4.39 Å². The van der Waals surface area contributed by atoms with Gasteiger partial charge in [0, 0.05) is 29.6 Å². The highest BCUT2D eigenvalue weighted by atomic mass is 35.5. The summed E-state index contributed by atoms with van der Waals surface area (Å²) in [7, 11) is 0. The molecule has 1 aliphatic carbocycles. The smallest absolute Gasteiger partial charge is 0.126 e. The molecule has 1 N–H and O–H groups in total. The zero-order chi connectivity index (χ0) is 13.3. The van der Waals surface area contributed by atoms with E-state index in [4.69, 9.17) is 16.3 Å². The molecule has 0 amide bonds. The van der Waals surface area contributed by atoms with E-state index in [1.807, 2.05) is 0 Å². The molecule has 0 bridgehead atoms. The van der Waals surface area contributed by atoms with Crippen molar-refractivity contribution in [1.82, 2.24) is 5.32 Å². The van der Waals surface area contributed by atoms with Gasteiger partial charge in [0.05, 0.1) is 6.61 Å². The van der Waals surface area contributed by atoms with Gasteiger partial charge < -0.3 is 10.1 Å². The lowest BCUT2D eigenvalue weighted by Crippen LogP contribution is -2.38. The predicted molar refractivity (Wildman–Crippen MR) is 74.0 cm³/mol. The Morgan fingerprint density at radius 3 is 2.95 bits per heavy atom. The van der Waals surface area contributed by atoms with Crippen molar-refractivity contribution in [2.45, 2.75) is 31.7 Å². The first-order valence-corrected chi connectivity index (χ1v) is 7.30. The summed E-state index contributed by atoms with van der Waals surface area (Å²) in [6, 6.07) is 5.46. The van der Waals surface area contributed by atoms with E-state index in [0.717, 1.165) is 19.6 Å². The highest BCUT2D eigenvalue weighted by molar-refractivity contribution is 6.30.